The standard InChI is InChI=1S/C17H24N2O/c1-4-11-19-12-9-16(10-13-19)18-14(2)15-5-7-17(20-3)8-6-15/h1,5-8,14,16,18H,9-13H2,2-3H3. The molecule has 0 saturated carbocycles. The molecule has 1 fully saturated rings. The average Bonchev–Trinajstić information content (AvgIpc) is 2.49. The molecule has 0 aromatic heterocycles. The van der Waals surface area contributed by atoms with Crippen molar-refractivity contribution in [2.24, 2.45) is 0 Å². The molecule has 1 atom stereocenters. The first-order chi connectivity index (χ1) is 9.72. The van der Waals surface area contributed by atoms with Gasteiger partial charge in [-0.1, -0.05) is 18.1 Å². The van der Waals surface area contributed by atoms with E-state index in [1.165, 1.54) is 18.4 Å². The van der Waals surface area contributed by atoms with Crippen LogP contribution < -0.4 is 10.1 Å². The van der Waals surface area contributed by atoms with Crippen molar-refractivity contribution in [1.82, 2.24) is 10.2 Å². The van der Waals surface area contributed by atoms with Gasteiger partial charge in [0.15, 0.2) is 0 Å². The quantitative estimate of drug-likeness (QED) is 0.833. The second-order valence-corrected chi connectivity index (χ2v) is 5.42. The van der Waals surface area contributed by atoms with E-state index in [0.717, 1.165) is 25.4 Å². The molecule has 1 aliphatic heterocycles. The minimum atomic E-state index is 0.366. The Balaban J connectivity index is 1.82. The number of hydrogen-bond donors (Lipinski definition) is 1. The molecule has 3 nitrogen and oxygen atoms in total. The first kappa shape index (κ1) is 14.9. The lowest BCUT2D eigenvalue weighted by molar-refractivity contribution is 0.211. The van der Waals surface area contributed by atoms with Crippen LogP contribution in [-0.2, 0) is 0 Å². The van der Waals surface area contributed by atoms with E-state index in [9.17, 15) is 0 Å². The molecular weight excluding hydrogens is 248 g/mol. The van der Waals surface area contributed by atoms with Crippen molar-refractivity contribution < 1.29 is 4.74 Å². The number of terminal acetylenes is 1. The summed E-state index contributed by atoms with van der Waals surface area (Å²) in [4.78, 5) is 2.34. The Morgan fingerprint density at radius 2 is 2.00 bits per heavy atom. The Hall–Kier alpha value is -1.50. The van der Waals surface area contributed by atoms with E-state index in [-0.39, 0.29) is 0 Å². The van der Waals surface area contributed by atoms with Gasteiger partial charge in [-0.3, -0.25) is 4.90 Å². The van der Waals surface area contributed by atoms with E-state index in [2.05, 4.69) is 35.2 Å². The van der Waals surface area contributed by atoms with Gasteiger partial charge >= 0.3 is 0 Å². The lowest BCUT2D eigenvalue weighted by Gasteiger charge is -2.33. The topological polar surface area (TPSA) is 24.5 Å². The number of likely N-dealkylation sites (tertiary alicyclic amines) is 1. The number of hydrogen-bond acceptors (Lipinski definition) is 3. The van der Waals surface area contributed by atoms with E-state index < -0.39 is 0 Å². The van der Waals surface area contributed by atoms with Crippen LogP contribution in [0.2, 0.25) is 0 Å². The summed E-state index contributed by atoms with van der Waals surface area (Å²) in [7, 11) is 1.70. The molecule has 1 aromatic carbocycles. The lowest BCUT2D eigenvalue weighted by atomic mass is 10.0. The number of rotatable bonds is 5. The van der Waals surface area contributed by atoms with Gasteiger partial charge in [0.2, 0.25) is 0 Å². The normalized spacial score (nSPS) is 18.4. The summed E-state index contributed by atoms with van der Waals surface area (Å²) in [6.07, 6.45) is 7.69. The number of nitrogens with zero attached hydrogens (tertiary/aromatic N) is 1. The van der Waals surface area contributed by atoms with Crippen LogP contribution in [-0.4, -0.2) is 37.7 Å². The van der Waals surface area contributed by atoms with E-state index in [1.54, 1.807) is 7.11 Å². The Bertz CT molecular complexity index is 441. The Labute approximate surface area is 122 Å². The van der Waals surface area contributed by atoms with Crippen molar-refractivity contribution in [1.29, 1.82) is 0 Å². The zero-order chi connectivity index (χ0) is 14.4. The summed E-state index contributed by atoms with van der Waals surface area (Å²) in [6, 6.07) is 9.24. The molecule has 2 rings (SSSR count). The van der Waals surface area contributed by atoms with Gasteiger partial charge < -0.3 is 10.1 Å². The Morgan fingerprint density at radius 3 is 2.55 bits per heavy atom. The van der Waals surface area contributed by atoms with Gasteiger partial charge in [-0.15, -0.1) is 6.42 Å². The molecule has 0 amide bonds. The van der Waals surface area contributed by atoms with Gasteiger partial charge in [-0.2, -0.15) is 0 Å². The molecule has 3 heteroatoms. The smallest absolute Gasteiger partial charge is 0.118 e. The maximum atomic E-state index is 5.36. The highest BCUT2D eigenvalue weighted by molar-refractivity contribution is 5.28. The van der Waals surface area contributed by atoms with Gasteiger partial charge in [0.1, 0.15) is 5.75 Å². The third kappa shape index (κ3) is 4.00. The van der Waals surface area contributed by atoms with Crippen molar-refractivity contribution in [2.75, 3.05) is 26.7 Å². The lowest BCUT2D eigenvalue weighted by Crippen LogP contribution is -2.43. The van der Waals surface area contributed by atoms with E-state index in [1.807, 2.05) is 12.1 Å². The summed E-state index contributed by atoms with van der Waals surface area (Å²) in [5, 5.41) is 3.72. The van der Waals surface area contributed by atoms with Crippen LogP contribution >= 0.6 is 0 Å². The van der Waals surface area contributed by atoms with Gasteiger partial charge in [-0.05, 0) is 37.5 Å². The van der Waals surface area contributed by atoms with Crippen molar-refractivity contribution in [3.63, 3.8) is 0 Å². The zero-order valence-electron chi connectivity index (χ0n) is 12.4. The van der Waals surface area contributed by atoms with E-state index in [0.29, 0.717) is 12.1 Å². The summed E-state index contributed by atoms with van der Waals surface area (Å²) >= 11 is 0. The van der Waals surface area contributed by atoms with Crippen LogP contribution in [0.1, 0.15) is 31.4 Å². The molecule has 0 bridgehead atoms. The van der Waals surface area contributed by atoms with Crippen LogP contribution in [0.15, 0.2) is 24.3 Å². The Kier molecular flexibility index (Phi) is 5.46. The van der Waals surface area contributed by atoms with Gasteiger partial charge in [0.25, 0.3) is 0 Å². The summed E-state index contributed by atoms with van der Waals surface area (Å²) in [5.74, 6) is 3.63. The van der Waals surface area contributed by atoms with Crippen LogP contribution in [0.5, 0.6) is 5.75 Å². The van der Waals surface area contributed by atoms with Gasteiger partial charge in [-0.25, -0.2) is 0 Å². The van der Waals surface area contributed by atoms with Crippen LogP contribution in [0.25, 0.3) is 0 Å². The number of piperidine rings is 1. The molecule has 1 heterocycles. The van der Waals surface area contributed by atoms with Crippen molar-refractivity contribution >= 4 is 0 Å². The van der Waals surface area contributed by atoms with Crippen molar-refractivity contribution in [2.45, 2.75) is 31.8 Å². The third-order valence-corrected chi connectivity index (χ3v) is 4.00. The molecule has 0 radical (unpaired) electrons. The second kappa shape index (κ2) is 7.33. The number of nitrogens with one attached hydrogen (secondary N) is 1. The minimum Gasteiger partial charge on any atom is -0.497 e. The molecule has 1 aliphatic rings. The molecule has 0 spiro atoms. The highest BCUT2D eigenvalue weighted by Crippen LogP contribution is 2.20. The molecule has 1 aromatic rings. The van der Waals surface area contributed by atoms with Crippen LogP contribution in [0.4, 0.5) is 0 Å². The molecule has 20 heavy (non-hydrogen) atoms. The molecule has 0 aliphatic carbocycles. The van der Waals surface area contributed by atoms with Crippen molar-refractivity contribution in [3.05, 3.63) is 29.8 Å². The highest BCUT2D eigenvalue weighted by atomic mass is 16.5. The van der Waals surface area contributed by atoms with Crippen molar-refractivity contribution in [3.8, 4) is 18.1 Å². The molecule has 1 unspecified atom stereocenters. The van der Waals surface area contributed by atoms with Gasteiger partial charge in [0.05, 0.1) is 13.7 Å². The fourth-order valence-electron chi connectivity index (χ4n) is 2.73. The first-order valence-corrected chi connectivity index (χ1v) is 7.28. The minimum absolute atomic E-state index is 0.366. The highest BCUT2D eigenvalue weighted by Gasteiger charge is 2.20. The second-order valence-electron chi connectivity index (χ2n) is 5.42. The fraction of sp³-hybridized carbons (Fsp3) is 0.529. The first-order valence-electron chi connectivity index (χ1n) is 7.28. The maximum absolute atomic E-state index is 5.36. The Morgan fingerprint density at radius 1 is 1.35 bits per heavy atom. The monoisotopic (exact) mass is 272 g/mol. The number of benzene rings is 1. The SMILES string of the molecule is C#CCN1CCC(NC(C)c2ccc(OC)cc2)CC1. The number of ether oxygens (including phenoxy) is 1. The van der Waals surface area contributed by atoms with Gasteiger partial charge in [0, 0.05) is 25.2 Å². The summed E-state index contributed by atoms with van der Waals surface area (Å²) in [6.45, 7) is 5.19. The molecule has 108 valence electrons. The van der Waals surface area contributed by atoms with E-state index in [4.69, 9.17) is 11.2 Å². The third-order valence-electron chi connectivity index (χ3n) is 4.00. The van der Waals surface area contributed by atoms with E-state index >= 15 is 0 Å². The molecule has 1 saturated heterocycles. The summed E-state index contributed by atoms with van der Waals surface area (Å²) in [5.41, 5.74) is 1.30. The zero-order valence-corrected chi connectivity index (χ0v) is 12.4. The fourth-order valence-corrected chi connectivity index (χ4v) is 2.73. The van der Waals surface area contributed by atoms with Crippen LogP contribution in [0, 0.1) is 12.3 Å². The average molecular weight is 272 g/mol. The maximum Gasteiger partial charge on any atom is 0.118 e. The van der Waals surface area contributed by atoms with Crippen LogP contribution in [0.3, 0.4) is 0 Å². The largest absolute Gasteiger partial charge is 0.497 e. The molecular formula is C17H24N2O. The predicted molar refractivity (Wildman–Crippen MR) is 82.8 cm³/mol. The predicted octanol–water partition coefficient (Wildman–Crippen LogP) is 2.44. The molecule has 1 N–H and O–H groups in total. The number of methoxy groups -OCH3 is 1. The summed E-state index contributed by atoms with van der Waals surface area (Å²) < 4.78 is 5.19.